The second-order valence-electron chi connectivity index (χ2n) is 4.78. The molecule has 0 spiro atoms. The van der Waals surface area contributed by atoms with E-state index in [0.717, 1.165) is 31.4 Å². The van der Waals surface area contributed by atoms with Crippen molar-refractivity contribution in [1.82, 2.24) is 4.72 Å². The first kappa shape index (κ1) is 14.4. The quantitative estimate of drug-likeness (QED) is 0.879. The molecule has 0 radical (unpaired) electrons. The largest absolute Gasteiger partial charge is 0.327 e. The summed E-state index contributed by atoms with van der Waals surface area (Å²) in [7, 11) is -3.82. The maximum absolute atomic E-state index is 13.0. The topological polar surface area (TPSA) is 72.2 Å². The lowest BCUT2D eigenvalue weighted by atomic mass is 10.1. The highest BCUT2D eigenvalue weighted by Crippen LogP contribution is 2.23. The van der Waals surface area contributed by atoms with Gasteiger partial charge < -0.3 is 5.73 Å². The summed E-state index contributed by atoms with van der Waals surface area (Å²) in [6.07, 6.45) is 2.75. The molecule has 3 N–H and O–H groups in total. The molecule has 0 saturated heterocycles. The van der Waals surface area contributed by atoms with Crippen LogP contribution in [-0.4, -0.2) is 21.0 Å². The molecule has 2 atom stereocenters. The van der Waals surface area contributed by atoms with Crippen molar-refractivity contribution in [1.29, 1.82) is 0 Å². The number of sulfonamides is 1. The SMILES string of the molecule is NC1CCCC1CNS(=O)(=O)c1ccc(F)c(F)c1. The molecule has 19 heavy (non-hydrogen) atoms. The van der Waals surface area contributed by atoms with Crippen LogP contribution in [0.1, 0.15) is 19.3 Å². The van der Waals surface area contributed by atoms with E-state index in [1.165, 1.54) is 0 Å². The molecule has 106 valence electrons. The molecule has 0 aliphatic heterocycles. The van der Waals surface area contributed by atoms with Gasteiger partial charge in [0.05, 0.1) is 4.90 Å². The van der Waals surface area contributed by atoms with Crippen molar-refractivity contribution in [2.45, 2.75) is 30.2 Å². The Morgan fingerprint density at radius 3 is 2.58 bits per heavy atom. The van der Waals surface area contributed by atoms with Crippen LogP contribution in [0.4, 0.5) is 8.78 Å². The molecule has 1 aromatic carbocycles. The van der Waals surface area contributed by atoms with Crippen LogP contribution in [0.2, 0.25) is 0 Å². The second kappa shape index (κ2) is 5.52. The Labute approximate surface area is 111 Å². The van der Waals surface area contributed by atoms with E-state index in [4.69, 9.17) is 5.73 Å². The molecule has 0 heterocycles. The molecule has 7 heteroatoms. The number of rotatable bonds is 4. The Morgan fingerprint density at radius 2 is 2.00 bits per heavy atom. The van der Waals surface area contributed by atoms with E-state index in [9.17, 15) is 17.2 Å². The minimum atomic E-state index is -3.82. The zero-order valence-corrected chi connectivity index (χ0v) is 11.1. The average molecular weight is 290 g/mol. The maximum Gasteiger partial charge on any atom is 0.240 e. The number of hydrogen-bond acceptors (Lipinski definition) is 3. The van der Waals surface area contributed by atoms with Crippen LogP contribution in [-0.2, 0) is 10.0 Å². The Bertz CT molecular complexity index is 563. The van der Waals surface area contributed by atoms with Crippen LogP contribution in [0, 0.1) is 17.6 Å². The Balaban J connectivity index is 2.07. The minimum Gasteiger partial charge on any atom is -0.327 e. The molecule has 0 aromatic heterocycles. The normalized spacial score (nSPS) is 23.7. The molecule has 1 saturated carbocycles. The molecule has 2 rings (SSSR count). The summed E-state index contributed by atoms with van der Waals surface area (Å²) >= 11 is 0. The van der Waals surface area contributed by atoms with Gasteiger partial charge in [-0.25, -0.2) is 21.9 Å². The summed E-state index contributed by atoms with van der Waals surface area (Å²) in [5.41, 5.74) is 5.85. The fourth-order valence-corrected chi connectivity index (χ4v) is 3.37. The predicted octanol–water partition coefficient (Wildman–Crippen LogP) is 1.37. The smallest absolute Gasteiger partial charge is 0.240 e. The van der Waals surface area contributed by atoms with Crippen molar-refractivity contribution in [3.8, 4) is 0 Å². The highest BCUT2D eigenvalue weighted by molar-refractivity contribution is 7.89. The third-order valence-electron chi connectivity index (χ3n) is 3.45. The van der Waals surface area contributed by atoms with E-state index in [0.29, 0.717) is 6.07 Å². The van der Waals surface area contributed by atoms with E-state index in [1.807, 2.05) is 0 Å². The van der Waals surface area contributed by atoms with E-state index in [-0.39, 0.29) is 23.4 Å². The third-order valence-corrected chi connectivity index (χ3v) is 4.88. The van der Waals surface area contributed by atoms with Crippen molar-refractivity contribution in [3.63, 3.8) is 0 Å². The van der Waals surface area contributed by atoms with Crippen LogP contribution in [0.5, 0.6) is 0 Å². The molecule has 1 aromatic rings. The van der Waals surface area contributed by atoms with Gasteiger partial charge in [0.15, 0.2) is 11.6 Å². The summed E-state index contributed by atoms with van der Waals surface area (Å²) in [4.78, 5) is -0.280. The van der Waals surface area contributed by atoms with Gasteiger partial charge in [0, 0.05) is 12.6 Å². The zero-order chi connectivity index (χ0) is 14.0. The number of halogens is 2. The van der Waals surface area contributed by atoms with E-state index >= 15 is 0 Å². The lowest BCUT2D eigenvalue weighted by Crippen LogP contribution is -2.36. The molecule has 4 nitrogen and oxygen atoms in total. The highest BCUT2D eigenvalue weighted by atomic mass is 32.2. The third kappa shape index (κ3) is 3.29. The Kier molecular flexibility index (Phi) is 4.17. The lowest BCUT2D eigenvalue weighted by molar-refractivity contribution is 0.469. The van der Waals surface area contributed by atoms with Gasteiger partial charge in [-0.1, -0.05) is 6.42 Å². The standard InChI is InChI=1S/C12H16F2N2O2S/c13-10-5-4-9(6-11(10)14)19(17,18)16-7-8-2-1-3-12(8)15/h4-6,8,12,16H,1-3,7,15H2. The summed E-state index contributed by atoms with van der Waals surface area (Å²) in [5, 5.41) is 0. The second-order valence-corrected chi connectivity index (χ2v) is 6.55. The molecule has 0 bridgehead atoms. The van der Waals surface area contributed by atoms with E-state index in [2.05, 4.69) is 4.72 Å². The predicted molar refractivity (Wildman–Crippen MR) is 66.9 cm³/mol. The average Bonchev–Trinajstić information content (AvgIpc) is 2.76. The van der Waals surface area contributed by atoms with Gasteiger partial charge in [-0.05, 0) is 37.0 Å². The first-order valence-corrected chi connectivity index (χ1v) is 7.59. The van der Waals surface area contributed by atoms with Gasteiger partial charge in [-0.3, -0.25) is 0 Å². The van der Waals surface area contributed by atoms with Crippen molar-refractivity contribution in [2.24, 2.45) is 11.7 Å². The van der Waals surface area contributed by atoms with Gasteiger partial charge in [0.25, 0.3) is 0 Å². The van der Waals surface area contributed by atoms with Crippen molar-refractivity contribution in [3.05, 3.63) is 29.8 Å². The number of nitrogens with two attached hydrogens (primary N) is 1. The molecule has 2 unspecified atom stereocenters. The van der Waals surface area contributed by atoms with Gasteiger partial charge >= 0.3 is 0 Å². The fraction of sp³-hybridized carbons (Fsp3) is 0.500. The first-order valence-electron chi connectivity index (χ1n) is 6.10. The first-order chi connectivity index (χ1) is 8.90. The molecular weight excluding hydrogens is 274 g/mol. The number of benzene rings is 1. The van der Waals surface area contributed by atoms with E-state index < -0.39 is 21.7 Å². The maximum atomic E-state index is 13.0. The van der Waals surface area contributed by atoms with E-state index in [1.54, 1.807) is 0 Å². The monoisotopic (exact) mass is 290 g/mol. The van der Waals surface area contributed by atoms with Crippen LogP contribution in [0.3, 0.4) is 0 Å². The number of nitrogens with one attached hydrogen (secondary N) is 1. The molecule has 1 fully saturated rings. The molecule has 0 amide bonds. The summed E-state index contributed by atoms with van der Waals surface area (Å²) in [5.74, 6) is -2.16. The van der Waals surface area contributed by atoms with Crippen molar-refractivity contribution >= 4 is 10.0 Å². The Morgan fingerprint density at radius 1 is 1.26 bits per heavy atom. The van der Waals surface area contributed by atoms with Crippen LogP contribution < -0.4 is 10.5 Å². The summed E-state index contributed by atoms with van der Waals surface area (Å²) < 4.78 is 52.0. The van der Waals surface area contributed by atoms with Crippen LogP contribution in [0.25, 0.3) is 0 Å². The van der Waals surface area contributed by atoms with Crippen molar-refractivity contribution < 1.29 is 17.2 Å². The van der Waals surface area contributed by atoms with Gasteiger partial charge in [0.2, 0.25) is 10.0 Å². The van der Waals surface area contributed by atoms with Crippen LogP contribution >= 0.6 is 0 Å². The Hall–Kier alpha value is -1.05. The highest BCUT2D eigenvalue weighted by Gasteiger charge is 2.26. The van der Waals surface area contributed by atoms with Crippen LogP contribution in [0.15, 0.2) is 23.1 Å². The summed E-state index contributed by atoms with van der Waals surface area (Å²) in [6, 6.07) is 2.50. The summed E-state index contributed by atoms with van der Waals surface area (Å²) in [6.45, 7) is 0.225. The molecule has 1 aliphatic rings. The minimum absolute atomic E-state index is 0.00680. The van der Waals surface area contributed by atoms with Gasteiger partial charge in [-0.15, -0.1) is 0 Å². The lowest BCUT2D eigenvalue weighted by Gasteiger charge is -2.16. The fourth-order valence-electron chi connectivity index (χ4n) is 2.26. The zero-order valence-electron chi connectivity index (χ0n) is 10.3. The van der Waals surface area contributed by atoms with Gasteiger partial charge in [-0.2, -0.15) is 0 Å². The van der Waals surface area contributed by atoms with Gasteiger partial charge in [0.1, 0.15) is 0 Å². The molecule has 1 aliphatic carbocycles. The number of hydrogen-bond donors (Lipinski definition) is 2. The van der Waals surface area contributed by atoms with Crippen molar-refractivity contribution in [2.75, 3.05) is 6.54 Å². The molecular formula is C12H16F2N2O2S.